The quantitative estimate of drug-likeness (QED) is 0.689. The first-order valence-corrected chi connectivity index (χ1v) is 7.03. The first-order valence-electron chi connectivity index (χ1n) is 7.03. The average Bonchev–Trinajstić information content (AvgIpc) is 2.74. The predicted octanol–water partition coefficient (Wildman–Crippen LogP) is -0.309. The van der Waals surface area contributed by atoms with Crippen LogP contribution in [0.25, 0.3) is 0 Å². The van der Waals surface area contributed by atoms with Gasteiger partial charge in [0.25, 0.3) is 0 Å². The van der Waals surface area contributed by atoms with Crippen LogP contribution in [0.5, 0.6) is 0 Å². The van der Waals surface area contributed by atoms with Crippen molar-refractivity contribution in [1.29, 1.82) is 0 Å². The van der Waals surface area contributed by atoms with Crippen LogP contribution < -0.4 is 10.6 Å². The molecule has 0 spiro atoms. The maximum atomic E-state index is 11.9. The SMILES string of the molecule is O=C(CN1CCCNCC1)NCc1ccc(C(=O)O)nc1. The number of amides is 1. The lowest BCUT2D eigenvalue weighted by atomic mass is 10.2. The Labute approximate surface area is 123 Å². The molecule has 1 aromatic heterocycles. The van der Waals surface area contributed by atoms with E-state index in [9.17, 15) is 9.59 Å². The summed E-state index contributed by atoms with van der Waals surface area (Å²) < 4.78 is 0. The van der Waals surface area contributed by atoms with Gasteiger partial charge in [0.1, 0.15) is 5.69 Å². The highest BCUT2D eigenvalue weighted by Gasteiger charge is 2.12. The topological polar surface area (TPSA) is 94.6 Å². The lowest BCUT2D eigenvalue weighted by molar-refractivity contribution is -0.122. The van der Waals surface area contributed by atoms with Crippen LogP contribution in [0.1, 0.15) is 22.5 Å². The van der Waals surface area contributed by atoms with Crippen molar-refractivity contribution in [3.63, 3.8) is 0 Å². The van der Waals surface area contributed by atoms with Gasteiger partial charge in [0.2, 0.25) is 5.91 Å². The maximum Gasteiger partial charge on any atom is 0.354 e. The number of carboxylic acid groups (broad SMARTS) is 1. The predicted molar refractivity (Wildman–Crippen MR) is 77.0 cm³/mol. The third-order valence-corrected chi connectivity index (χ3v) is 3.33. The number of rotatable bonds is 5. The van der Waals surface area contributed by atoms with Crippen molar-refractivity contribution < 1.29 is 14.7 Å². The molecule has 1 saturated heterocycles. The molecule has 1 aliphatic heterocycles. The summed E-state index contributed by atoms with van der Waals surface area (Å²) in [5, 5.41) is 14.9. The number of carbonyl (C=O) groups is 2. The van der Waals surface area contributed by atoms with E-state index in [1.807, 2.05) is 0 Å². The third-order valence-electron chi connectivity index (χ3n) is 3.33. The monoisotopic (exact) mass is 292 g/mol. The molecule has 7 heteroatoms. The first-order chi connectivity index (χ1) is 10.1. The molecule has 7 nitrogen and oxygen atoms in total. The molecule has 1 amide bonds. The molecule has 0 saturated carbocycles. The average molecular weight is 292 g/mol. The number of hydrogen-bond donors (Lipinski definition) is 3. The molecule has 0 radical (unpaired) electrons. The van der Waals surface area contributed by atoms with Crippen molar-refractivity contribution in [2.45, 2.75) is 13.0 Å². The second-order valence-corrected chi connectivity index (χ2v) is 5.01. The van der Waals surface area contributed by atoms with Gasteiger partial charge in [0, 0.05) is 25.8 Å². The van der Waals surface area contributed by atoms with E-state index in [2.05, 4.69) is 20.5 Å². The zero-order valence-corrected chi connectivity index (χ0v) is 11.8. The molecule has 21 heavy (non-hydrogen) atoms. The fraction of sp³-hybridized carbons (Fsp3) is 0.500. The molecule has 0 unspecified atom stereocenters. The largest absolute Gasteiger partial charge is 0.477 e. The van der Waals surface area contributed by atoms with Crippen LogP contribution in [0.2, 0.25) is 0 Å². The number of hydrogen-bond acceptors (Lipinski definition) is 5. The van der Waals surface area contributed by atoms with Crippen molar-refractivity contribution in [2.75, 3.05) is 32.7 Å². The standard InChI is InChI=1S/C14H20N4O3/c19-13(10-18-6-1-4-15-5-7-18)17-9-11-2-3-12(14(20)21)16-8-11/h2-3,8,15H,1,4-7,9-10H2,(H,17,19)(H,20,21). The highest BCUT2D eigenvalue weighted by molar-refractivity contribution is 5.85. The van der Waals surface area contributed by atoms with Crippen LogP contribution in [-0.4, -0.2) is 59.6 Å². The molecule has 114 valence electrons. The molecule has 0 aliphatic carbocycles. The molecule has 1 aliphatic rings. The third kappa shape index (κ3) is 5.13. The van der Waals surface area contributed by atoms with Gasteiger partial charge in [-0.1, -0.05) is 6.07 Å². The number of nitrogens with zero attached hydrogens (tertiary/aromatic N) is 2. The minimum atomic E-state index is -1.06. The number of nitrogens with one attached hydrogen (secondary N) is 2. The van der Waals surface area contributed by atoms with E-state index in [0.29, 0.717) is 13.1 Å². The van der Waals surface area contributed by atoms with Gasteiger partial charge in [0.05, 0.1) is 6.54 Å². The van der Waals surface area contributed by atoms with Crippen molar-refractivity contribution in [1.82, 2.24) is 20.5 Å². The molecule has 2 heterocycles. The molecule has 2 rings (SSSR count). The molecule has 3 N–H and O–H groups in total. The van der Waals surface area contributed by atoms with Gasteiger partial charge in [-0.15, -0.1) is 0 Å². The number of aromatic carboxylic acids is 1. The van der Waals surface area contributed by atoms with E-state index >= 15 is 0 Å². The van der Waals surface area contributed by atoms with Crippen LogP contribution in [0.15, 0.2) is 18.3 Å². The van der Waals surface area contributed by atoms with E-state index in [-0.39, 0.29) is 11.6 Å². The smallest absolute Gasteiger partial charge is 0.354 e. The van der Waals surface area contributed by atoms with Gasteiger partial charge >= 0.3 is 5.97 Å². The molecule has 1 aromatic rings. The Morgan fingerprint density at radius 3 is 2.90 bits per heavy atom. The second-order valence-electron chi connectivity index (χ2n) is 5.01. The van der Waals surface area contributed by atoms with Crippen molar-refractivity contribution in [2.24, 2.45) is 0 Å². The first kappa shape index (κ1) is 15.4. The number of carboxylic acids is 1. The summed E-state index contributed by atoms with van der Waals surface area (Å²) in [6.07, 6.45) is 2.52. The number of pyridine rings is 1. The number of aromatic nitrogens is 1. The van der Waals surface area contributed by atoms with E-state index in [1.54, 1.807) is 6.07 Å². The minimum Gasteiger partial charge on any atom is -0.477 e. The Bertz CT molecular complexity index is 481. The van der Waals surface area contributed by atoms with E-state index in [4.69, 9.17) is 5.11 Å². The lowest BCUT2D eigenvalue weighted by Crippen LogP contribution is -2.38. The molecule has 0 aromatic carbocycles. The Morgan fingerprint density at radius 2 is 2.19 bits per heavy atom. The molecule has 0 bridgehead atoms. The van der Waals surface area contributed by atoms with Gasteiger partial charge in [-0.25, -0.2) is 9.78 Å². The Balaban J connectivity index is 1.76. The van der Waals surface area contributed by atoms with Gasteiger partial charge in [-0.3, -0.25) is 9.69 Å². The lowest BCUT2D eigenvalue weighted by Gasteiger charge is -2.18. The Hall–Kier alpha value is -1.99. The molecule has 0 atom stereocenters. The summed E-state index contributed by atoms with van der Waals surface area (Å²) in [7, 11) is 0. The zero-order valence-electron chi connectivity index (χ0n) is 11.8. The fourth-order valence-corrected chi connectivity index (χ4v) is 2.17. The summed E-state index contributed by atoms with van der Waals surface area (Å²) in [4.78, 5) is 28.5. The van der Waals surface area contributed by atoms with Gasteiger partial charge < -0.3 is 15.7 Å². The summed E-state index contributed by atoms with van der Waals surface area (Å²) in [6, 6.07) is 3.09. The van der Waals surface area contributed by atoms with Crippen LogP contribution >= 0.6 is 0 Å². The summed E-state index contributed by atoms with van der Waals surface area (Å²) in [5.41, 5.74) is 0.785. The molecular weight excluding hydrogens is 272 g/mol. The van der Waals surface area contributed by atoms with Crippen molar-refractivity contribution in [3.8, 4) is 0 Å². The summed E-state index contributed by atoms with van der Waals surface area (Å²) >= 11 is 0. The molecule has 1 fully saturated rings. The maximum absolute atomic E-state index is 11.9. The highest BCUT2D eigenvalue weighted by atomic mass is 16.4. The Kier molecular flexibility index (Phi) is 5.65. The van der Waals surface area contributed by atoms with Gasteiger partial charge in [0.15, 0.2) is 0 Å². The minimum absolute atomic E-state index is 0.00198. The van der Waals surface area contributed by atoms with Crippen LogP contribution in [0, 0.1) is 0 Å². The molecular formula is C14H20N4O3. The summed E-state index contributed by atoms with van der Waals surface area (Å²) in [5.74, 6) is -1.08. The van der Waals surface area contributed by atoms with Crippen LogP contribution in [0.3, 0.4) is 0 Å². The van der Waals surface area contributed by atoms with Gasteiger partial charge in [-0.2, -0.15) is 0 Å². The van der Waals surface area contributed by atoms with E-state index in [0.717, 1.165) is 38.2 Å². The van der Waals surface area contributed by atoms with Gasteiger partial charge in [-0.05, 0) is 31.1 Å². The van der Waals surface area contributed by atoms with Crippen LogP contribution in [-0.2, 0) is 11.3 Å². The van der Waals surface area contributed by atoms with Crippen molar-refractivity contribution in [3.05, 3.63) is 29.6 Å². The van der Waals surface area contributed by atoms with E-state index < -0.39 is 5.97 Å². The second kappa shape index (κ2) is 7.70. The van der Waals surface area contributed by atoms with Crippen LogP contribution in [0.4, 0.5) is 0 Å². The fourth-order valence-electron chi connectivity index (χ4n) is 2.17. The summed E-state index contributed by atoms with van der Waals surface area (Å²) in [6.45, 7) is 4.46. The zero-order chi connectivity index (χ0) is 15.1. The number of carbonyl (C=O) groups excluding carboxylic acids is 1. The van der Waals surface area contributed by atoms with Crippen molar-refractivity contribution >= 4 is 11.9 Å². The Morgan fingerprint density at radius 1 is 1.33 bits per heavy atom. The van der Waals surface area contributed by atoms with E-state index in [1.165, 1.54) is 12.3 Å². The highest BCUT2D eigenvalue weighted by Crippen LogP contribution is 2.00. The normalized spacial score (nSPS) is 16.2.